The van der Waals surface area contributed by atoms with Gasteiger partial charge >= 0.3 is 5.97 Å². The second-order valence-electron chi connectivity index (χ2n) is 6.55. The predicted octanol–water partition coefficient (Wildman–Crippen LogP) is 6.10. The highest BCUT2D eigenvalue weighted by Crippen LogP contribution is 2.27. The molecule has 4 rings (SSSR count). The van der Waals surface area contributed by atoms with Crippen molar-refractivity contribution in [1.29, 1.82) is 0 Å². The minimum atomic E-state index is -1.04. The van der Waals surface area contributed by atoms with Gasteiger partial charge in [-0.1, -0.05) is 33.6 Å². The van der Waals surface area contributed by atoms with Crippen LogP contribution in [0.4, 0.5) is 0 Å². The van der Waals surface area contributed by atoms with Crippen LogP contribution in [0.25, 0.3) is 16.9 Å². The molecule has 0 aliphatic heterocycles. The fourth-order valence-electron chi connectivity index (χ4n) is 2.89. The van der Waals surface area contributed by atoms with E-state index in [4.69, 9.17) is 4.74 Å². The molecule has 0 fully saturated rings. The summed E-state index contributed by atoms with van der Waals surface area (Å²) in [6.07, 6.45) is 0. The Labute approximate surface area is 176 Å². The van der Waals surface area contributed by atoms with Crippen LogP contribution in [-0.2, 0) is 0 Å². The van der Waals surface area contributed by atoms with Gasteiger partial charge < -0.3 is 9.84 Å². The van der Waals surface area contributed by atoms with Gasteiger partial charge in [0.25, 0.3) is 0 Å². The minimum absolute atomic E-state index is 0.0994. The summed E-state index contributed by atoms with van der Waals surface area (Å²) >= 11 is 3.38. The van der Waals surface area contributed by atoms with Crippen molar-refractivity contribution in [1.82, 2.24) is 9.78 Å². The molecule has 0 aliphatic carbocycles. The molecule has 0 unspecified atom stereocenters. The minimum Gasteiger partial charge on any atom is -0.477 e. The van der Waals surface area contributed by atoms with Crippen LogP contribution < -0.4 is 4.74 Å². The topological polar surface area (TPSA) is 64.3 Å². The predicted molar refractivity (Wildman–Crippen MR) is 115 cm³/mol. The van der Waals surface area contributed by atoms with Gasteiger partial charge in [0.2, 0.25) is 0 Å². The van der Waals surface area contributed by atoms with Crippen molar-refractivity contribution in [3.8, 4) is 28.4 Å². The van der Waals surface area contributed by atoms with Gasteiger partial charge in [-0.3, -0.25) is 0 Å². The van der Waals surface area contributed by atoms with Crippen molar-refractivity contribution >= 4 is 21.9 Å². The number of rotatable bonds is 5. The smallest absolute Gasteiger partial charge is 0.354 e. The van der Waals surface area contributed by atoms with E-state index >= 15 is 0 Å². The fraction of sp³-hybridized carbons (Fsp3) is 0.0435. The number of aryl methyl sites for hydroxylation is 1. The van der Waals surface area contributed by atoms with Crippen LogP contribution in [0.5, 0.6) is 11.5 Å². The number of ether oxygens (including phenoxy) is 1. The van der Waals surface area contributed by atoms with Gasteiger partial charge in [-0.2, -0.15) is 5.10 Å². The lowest BCUT2D eigenvalue weighted by Gasteiger charge is -2.06. The van der Waals surface area contributed by atoms with Gasteiger partial charge in [0, 0.05) is 10.0 Å². The molecule has 1 N–H and O–H groups in total. The first kappa shape index (κ1) is 19.0. The van der Waals surface area contributed by atoms with E-state index in [2.05, 4.69) is 21.0 Å². The average Bonchev–Trinajstić information content (AvgIpc) is 3.17. The Morgan fingerprint density at radius 2 is 1.52 bits per heavy atom. The summed E-state index contributed by atoms with van der Waals surface area (Å²) in [7, 11) is 0. The zero-order valence-corrected chi connectivity index (χ0v) is 17.1. The van der Waals surface area contributed by atoms with Crippen molar-refractivity contribution < 1.29 is 14.6 Å². The molecule has 0 aliphatic rings. The molecule has 1 heterocycles. The summed E-state index contributed by atoms with van der Waals surface area (Å²) in [5.41, 5.74) is 3.33. The van der Waals surface area contributed by atoms with E-state index in [1.807, 2.05) is 79.7 Å². The zero-order valence-electron chi connectivity index (χ0n) is 15.5. The van der Waals surface area contributed by atoms with E-state index in [0.717, 1.165) is 15.8 Å². The van der Waals surface area contributed by atoms with Gasteiger partial charge in [-0.15, -0.1) is 0 Å². The number of nitrogens with zero attached hydrogens (tertiary/aromatic N) is 2. The number of hydrogen-bond donors (Lipinski definition) is 1. The molecule has 6 heteroatoms. The Hall–Kier alpha value is -3.38. The molecule has 0 atom stereocenters. The number of carboxylic acids is 1. The Morgan fingerprint density at radius 3 is 2.10 bits per heavy atom. The second-order valence-corrected chi connectivity index (χ2v) is 7.46. The summed E-state index contributed by atoms with van der Waals surface area (Å²) in [5, 5.41) is 14.1. The van der Waals surface area contributed by atoms with E-state index in [9.17, 15) is 9.90 Å². The molecule has 144 valence electrons. The molecular weight excluding hydrogens is 432 g/mol. The van der Waals surface area contributed by atoms with Crippen molar-refractivity contribution in [2.24, 2.45) is 0 Å². The third-order valence-corrected chi connectivity index (χ3v) is 4.94. The number of hydrogen-bond acceptors (Lipinski definition) is 3. The highest BCUT2D eigenvalue weighted by atomic mass is 79.9. The summed E-state index contributed by atoms with van der Waals surface area (Å²) < 4.78 is 8.19. The van der Waals surface area contributed by atoms with Gasteiger partial charge in [0.15, 0.2) is 5.69 Å². The maximum Gasteiger partial charge on any atom is 0.354 e. The van der Waals surface area contributed by atoms with Crippen LogP contribution in [-0.4, -0.2) is 20.9 Å². The second kappa shape index (κ2) is 7.93. The summed E-state index contributed by atoms with van der Waals surface area (Å²) in [6, 6.07) is 24.1. The lowest BCUT2D eigenvalue weighted by Crippen LogP contribution is -2.07. The van der Waals surface area contributed by atoms with Crippen LogP contribution in [0.2, 0.25) is 0 Å². The Kier molecular flexibility index (Phi) is 5.18. The van der Waals surface area contributed by atoms with Crippen molar-refractivity contribution in [2.45, 2.75) is 6.92 Å². The first-order valence-corrected chi connectivity index (χ1v) is 9.73. The highest BCUT2D eigenvalue weighted by Gasteiger charge is 2.16. The third-order valence-electron chi connectivity index (χ3n) is 4.41. The first-order valence-electron chi connectivity index (χ1n) is 8.94. The quantitative estimate of drug-likeness (QED) is 0.400. The largest absolute Gasteiger partial charge is 0.477 e. The SMILES string of the molecule is Cc1ccc(Oc2ccc(-c3cc(C(=O)O)n(-c4ccc(Br)cc4)n3)cc2)cc1. The van der Waals surface area contributed by atoms with Crippen LogP contribution in [0.15, 0.2) is 83.3 Å². The molecular formula is C23H17BrN2O3. The van der Waals surface area contributed by atoms with Crippen molar-refractivity contribution in [2.75, 3.05) is 0 Å². The summed E-state index contributed by atoms with van der Waals surface area (Å²) in [6.45, 7) is 2.03. The maximum atomic E-state index is 11.7. The van der Waals surface area contributed by atoms with E-state index in [-0.39, 0.29) is 5.69 Å². The molecule has 0 saturated carbocycles. The van der Waals surface area contributed by atoms with Crippen LogP contribution in [0.3, 0.4) is 0 Å². The molecule has 0 saturated heterocycles. The molecule has 0 amide bonds. The lowest BCUT2D eigenvalue weighted by atomic mass is 10.1. The zero-order chi connectivity index (χ0) is 20.4. The standard InChI is InChI=1S/C23H17BrN2O3/c1-15-2-10-19(11-3-15)29-20-12-4-16(5-13-20)21-14-22(23(27)28)26(25-21)18-8-6-17(24)7-9-18/h2-14H,1H3,(H,27,28). The number of carbonyl (C=O) groups is 1. The average molecular weight is 449 g/mol. The maximum absolute atomic E-state index is 11.7. The number of benzene rings is 3. The molecule has 0 radical (unpaired) electrons. The number of carboxylic acid groups (broad SMARTS) is 1. The fourth-order valence-corrected chi connectivity index (χ4v) is 3.15. The van der Waals surface area contributed by atoms with E-state index in [1.165, 1.54) is 10.2 Å². The molecule has 5 nitrogen and oxygen atoms in total. The van der Waals surface area contributed by atoms with Crippen molar-refractivity contribution in [3.05, 3.63) is 94.6 Å². The number of halogens is 1. The lowest BCUT2D eigenvalue weighted by molar-refractivity contribution is 0.0687. The van der Waals surface area contributed by atoms with Gasteiger partial charge in [-0.25, -0.2) is 9.48 Å². The molecule has 3 aromatic carbocycles. The summed E-state index contributed by atoms with van der Waals surface area (Å²) in [5.74, 6) is 0.422. The van der Waals surface area contributed by atoms with E-state index < -0.39 is 5.97 Å². The molecule has 1 aromatic heterocycles. The Balaban J connectivity index is 1.62. The Bertz CT molecular complexity index is 1150. The van der Waals surface area contributed by atoms with E-state index in [1.54, 1.807) is 6.07 Å². The number of aromatic carboxylic acids is 1. The van der Waals surface area contributed by atoms with Gasteiger partial charge in [-0.05, 0) is 73.7 Å². The van der Waals surface area contributed by atoms with Gasteiger partial charge in [0.05, 0.1) is 11.4 Å². The summed E-state index contributed by atoms with van der Waals surface area (Å²) in [4.78, 5) is 11.7. The monoisotopic (exact) mass is 448 g/mol. The van der Waals surface area contributed by atoms with Crippen LogP contribution >= 0.6 is 15.9 Å². The molecule has 4 aromatic rings. The molecule has 0 bridgehead atoms. The number of aromatic nitrogens is 2. The first-order chi connectivity index (χ1) is 14.0. The van der Waals surface area contributed by atoms with Crippen LogP contribution in [0, 0.1) is 6.92 Å². The highest BCUT2D eigenvalue weighted by molar-refractivity contribution is 9.10. The van der Waals surface area contributed by atoms with E-state index in [0.29, 0.717) is 17.1 Å². The third kappa shape index (κ3) is 4.22. The normalized spacial score (nSPS) is 10.7. The molecule has 29 heavy (non-hydrogen) atoms. The van der Waals surface area contributed by atoms with Crippen molar-refractivity contribution in [3.63, 3.8) is 0 Å². The molecule has 0 spiro atoms. The van der Waals surface area contributed by atoms with Crippen LogP contribution in [0.1, 0.15) is 16.1 Å². The Morgan fingerprint density at radius 1 is 0.931 bits per heavy atom. The van der Waals surface area contributed by atoms with Gasteiger partial charge in [0.1, 0.15) is 11.5 Å².